The summed E-state index contributed by atoms with van der Waals surface area (Å²) in [5, 5.41) is 4.22. The summed E-state index contributed by atoms with van der Waals surface area (Å²) in [5.41, 5.74) is 11.3. The summed E-state index contributed by atoms with van der Waals surface area (Å²) in [6.07, 6.45) is 15.2. The molecule has 0 N–H and O–H groups in total. The number of benzene rings is 5. The molecule has 0 saturated heterocycles. The average molecular weight is 646 g/mol. The van der Waals surface area contributed by atoms with Crippen LogP contribution in [-0.2, 0) is 0 Å². The Bertz CT molecular complexity index is 2760. The third-order valence-corrected chi connectivity index (χ3v) is 9.98. The first-order valence-electron chi connectivity index (χ1n) is 17.2. The molecule has 0 amide bonds. The van der Waals surface area contributed by atoms with Gasteiger partial charge >= 0.3 is 0 Å². The molecule has 5 nitrogen and oxygen atoms in total. The van der Waals surface area contributed by atoms with E-state index < -0.39 is 0 Å². The number of rotatable bonds is 5. The van der Waals surface area contributed by atoms with E-state index >= 15 is 0 Å². The average Bonchev–Trinajstić information content (AvgIpc) is 3.77. The zero-order chi connectivity index (χ0) is 33.0. The largest absolute Gasteiger partial charge is 0.456 e. The summed E-state index contributed by atoms with van der Waals surface area (Å²) < 4.78 is 12.9. The second-order valence-electron chi connectivity index (χ2n) is 13.0. The second kappa shape index (κ2) is 11.7. The van der Waals surface area contributed by atoms with Gasteiger partial charge in [0.05, 0.1) is 0 Å². The molecule has 5 aromatic carbocycles. The number of aromatic nitrogens is 3. The van der Waals surface area contributed by atoms with Gasteiger partial charge < -0.3 is 8.83 Å². The number of fused-ring (bicyclic) bond motifs is 6. The van der Waals surface area contributed by atoms with Crippen LogP contribution in [0.4, 0.5) is 0 Å². The van der Waals surface area contributed by atoms with Crippen LogP contribution in [0.5, 0.6) is 0 Å². The van der Waals surface area contributed by atoms with Crippen LogP contribution in [0.2, 0.25) is 0 Å². The Balaban J connectivity index is 1.11. The lowest BCUT2D eigenvalue weighted by Crippen LogP contribution is -2.05. The van der Waals surface area contributed by atoms with Crippen LogP contribution in [0.15, 0.2) is 160 Å². The molecule has 0 radical (unpaired) electrons. The zero-order valence-corrected chi connectivity index (χ0v) is 27.3. The van der Waals surface area contributed by atoms with Gasteiger partial charge in [0.15, 0.2) is 17.5 Å². The Hall–Kier alpha value is -6.33. The van der Waals surface area contributed by atoms with Crippen LogP contribution in [0.3, 0.4) is 0 Å². The zero-order valence-electron chi connectivity index (χ0n) is 27.3. The molecule has 0 bridgehead atoms. The molecule has 5 heteroatoms. The molecule has 3 aromatic heterocycles. The van der Waals surface area contributed by atoms with Gasteiger partial charge in [0.1, 0.15) is 22.3 Å². The summed E-state index contributed by atoms with van der Waals surface area (Å²) in [5.74, 6) is 2.01. The Labute approximate surface area is 288 Å². The van der Waals surface area contributed by atoms with Crippen molar-refractivity contribution in [2.24, 2.45) is 0 Å². The second-order valence-corrected chi connectivity index (χ2v) is 13.0. The van der Waals surface area contributed by atoms with Crippen molar-refractivity contribution in [2.45, 2.75) is 25.7 Å². The van der Waals surface area contributed by atoms with Crippen LogP contribution in [0.1, 0.15) is 31.5 Å². The first-order valence-corrected chi connectivity index (χ1v) is 17.2. The maximum Gasteiger partial charge on any atom is 0.164 e. The van der Waals surface area contributed by atoms with E-state index in [4.69, 9.17) is 23.8 Å². The predicted molar refractivity (Wildman–Crippen MR) is 202 cm³/mol. The molecule has 8 aromatic rings. The van der Waals surface area contributed by atoms with Crippen molar-refractivity contribution in [1.29, 1.82) is 0 Å². The molecule has 2 aliphatic carbocycles. The highest BCUT2D eigenvalue weighted by atomic mass is 16.3. The molecular formula is C45H31N3O2. The molecule has 0 unspecified atom stereocenters. The van der Waals surface area contributed by atoms with Gasteiger partial charge in [-0.05, 0) is 72.2 Å². The summed E-state index contributed by atoms with van der Waals surface area (Å²) in [7, 11) is 0. The van der Waals surface area contributed by atoms with Crippen LogP contribution < -0.4 is 0 Å². The Morgan fingerprint density at radius 3 is 2.08 bits per heavy atom. The summed E-state index contributed by atoms with van der Waals surface area (Å²) in [4.78, 5) is 15.3. The smallest absolute Gasteiger partial charge is 0.164 e. The van der Waals surface area contributed by atoms with E-state index in [0.717, 1.165) is 97.4 Å². The molecule has 2 aliphatic rings. The van der Waals surface area contributed by atoms with Crippen LogP contribution in [0, 0.1) is 0 Å². The third kappa shape index (κ3) is 4.81. The van der Waals surface area contributed by atoms with E-state index in [-0.39, 0.29) is 0 Å². The van der Waals surface area contributed by atoms with E-state index in [0.29, 0.717) is 17.5 Å². The Morgan fingerprint density at radius 1 is 0.460 bits per heavy atom. The lowest BCUT2D eigenvalue weighted by atomic mass is 9.89. The van der Waals surface area contributed by atoms with Crippen LogP contribution in [0.25, 0.3) is 83.4 Å². The van der Waals surface area contributed by atoms with Gasteiger partial charge in [-0.15, -0.1) is 0 Å². The minimum atomic E-state index is 0.633. The lowest BCUT2D eigenvalue weighted by Gasteiger charge is -2.18. The van der Waals surface area contributed by atoms with Gasteiger partial charge in [0.2, 0.25) is 0 Å². The van der Waals surface area contributed by atoms with Gasteiger partial charge in [-0.2, -0.15) is 0 Å². The topological polar surface area (TPSA) is 65.0 Å². The van der Waals surface area contributed by atoms with Crippen molar-refractivity contribution in [2.75, 3.05) is 0 Å². The van der Waals surface area contributed by atoms with Gasteiger partial charge in [-0.3, -0.25) is 0 Å². The maximum absolute atomic E-state index is 6.55. The number of hydrogen-bond acceptors (Lipinski definition) is 5. The molecule has 3 heterocycles. The summed E-state index contributed by atoms with van der Waals surface area (Å²) >= 11 is 0. The van der Waals surface area contributed by atoms with E-state index in [2.05, 4.69) is 91.0 Å². The van der Waals surface area contributed by atoms with Gasteiger partial charge in [-0.25, -0.2) is 15.0 Å². The molecule has 0 fully saturated rings. The number of para-hydroxylation sites is 2. The van der Waals surface area contributed by atoms with Crippen molar-refractivity contribution >= 4 is 49.5 Å². The number of nitrogens with zero attached hydrogens (tertiary/aromatic N) is 3. The molecule has 10 rings (SSSR count). The van der Waals surface area contributed by atoms with E-state index in [1.807, 2.05) is 48.5 Å². The monoisotopic (exact) mass is 645 g/mol. The number of allylic oxidation sites excluding steroid dienone is 8. The van der Waals surface area contributed by atoms with Crippen molar-refractivity contribution in [3.8, 4) is 33.9 Å². The Kier molecular flexibility index (Phi) is 6.69. The lowest BCUT2D eigenvalue weighted by molar-refractivity contribution is 0.668. The first-order chi connectivity index (χ1) is 24.8. The van der Waals surface area contributed by atoms with E-state index in [1.165, 1.54) is 11.1 Å². The van der Waals surface area contributed by atoms with Crippen molar-refractivity contribution in [3.05, 3.63) is 157 Å². The quantitative estimate of drug-likeness (QED) is 0.186. The molecule has 238 valence electrons. The highest BCUT2D eigenvalue weighted by Crippen LogP contribution is 2.41. The molecule has 0 atom stereocenters. The fraction of sp³-hybridized carbons (Fsp3) is 0.0889. The normalized spacial score (nSPS) is 14.8. The van der Waals surface area contributed by atoms with Crippen molar-refractivity contribution < 1.29 is 8.83 Å². The van der Waals surface area contributed by atoms with Crippen molar-refractivity contribution in [1.82, 2.24) is 15.0 Å². The summed E-state index contributed by atoms with van der Waals surface area (Å²) in [6.45, 7) is 0. The Morgan fingerprint density at radius 2 is 1.20 bits per heavy atom. The SMILES string of the molecule is C1=CCCC(C2=CC=C(c3nc(-c4ccccc4)nc(-c4cccc5oc6cc(-c7cccc8c7oc7ccccc78)ccc6c45)n3)CC2)=C1. The van der Waals surface area contributed by atoms with Gasteiger partial charge in [-0.1, -0.05) is 115 Å². The van der Waals surface area contributed by atoms with E-state index in [9.17, 15) is 0 Å². The molecule has 50 heavy (non-hydrogen) atoms. The highest BCUT2D eigenvalue weighted by Gasteiger charge is 2.21. The van der Waals surface area contributed by atoms with Crippen LogP contribution >= 0.6 is 0 Å². The van der Waals surface area contributed by atoms with E-state index in [1.54, 1.807) is 0 Å². The number of furan rings is 2. The minimum absolute atomic E-state index is 0.633. The predicted octanol–water partition coefficient (Wildman–Crippen LogP) is 12.1. The van der Waals surface area contributed by atoms with Crippen molar-refractivity contribution in [3.63, 3.8) is 0 Å². The molecular weight excluding hydrogens is 615 g/mol. The van der Waals surface area contributed by atoms with Crippen LogP contribution in [-0.4, -0.2) is 15.0 Å². The maximum atomic E-state index is 6.55. The standard InChI is InChI=1S/C45H31N3O2/c1-3-11-28(12-4-1)29-21-23-31(24-22-29)44-46-43(30-13-5-2-6-14-30)47-45(48-44)37-18-10-20-39-41(37)36-26-25-32(27-40(36)49-39)33-16-9-17-35-34-15-7-8-19-38(34)50-42(33)35/h1-3,5-11,13-21,23,25-27H,4,12,22,24H2. The van der Waals surface area contributed by atoms with Gasteiger partial charge in [0, 0.05) is 38.2 Å². The molecule has 0 aliphatic heterocycles. The third-order valence-electron chi connectivity index (χ3n) is 9.98. The highest BCUT2D eigenvalue weighted by molar-refractivity contribution is 6.14. The fourth-order valence-electron chi connectivity index (χ4n) is 7.47. The first kappa shape index (κ1) is 28.7. The number of hydrogen-bond donors (Lipinski definition) is 0. The minimum Gasteiger partial charge on any atom is -0.456 e. The van der Waals surface area contributed by atoms with Gasteiger partial charge in [0.25, 0.3) is 0 Å². The fourth-order valence-corrected chi connectivity index (χ4v) is 7.47. The summed E-state index contributed by atoms with van der Waals surface area (Å²) in [6, 6.07) is 37.2. The molecule has 0 spiro atoms. The molecule has 0 saturated carbocycles.